The van der Waals surface area contributed by atoms with E-state index in [1.54, 1.807) is 0 Å². The van der Waals surface area contributed by atoms with Gasteiger partial charge in [-0.1, -0.05) is 13.3 Å². The molecule has 12 nitrogen and oxygen atoms in total. The lowest BCUT2D eigenvalue weighted by atomic mass is 10.3. The van der Waals surface area contributed by atoms with Gasteiger partial charge < -0.3 is 33.2 Å². The molecule has 0 saturated heterocycles. The Morgan fingerprint density at radius 3 is 1.62 bits per heavy atom. The maximum Gasteiger partial charge on any atom is 0.231 e. The summed E-state index contributed by atoms with van der Waals surface area (Å²) in [5, 5.41) is 3.00. The van der Waals surface area contributed by atoms with Gasteiger partial charge in [0.15, 0.2) is 0 Å². The number of hydrogen-bond donors (Lipinski definition) is 5. The largest absolute Gasteiger partial charge is 0.368 e. The van der Waals surface area contributed by atoms with E-state index in [0.717, 1.165) is 32.5 Å². The number of unbranched alkanes of at least 4 members (excludes halogenated alkanes) is 1. The Morgan fingerprint density at radius 2 is 1.19 bits per heavy atom. The van der Waals surface area contributed by atoms with E-state index in [-0.39, 0.29) is 23.8 Å². The Kier molecular flexibility index (Phi) is 8.54. The molecule has 144 valence electrons. The van der Waals surface area contributed by atoms with Gasteiger partial charge in [-0.25, -0.2) is 0 Å². The summed E-state index contributed by atoms with van der Waals surface area (Å²) in [7, 11) is 0. The van der Waals surface area contributed by atoms with Gasteiger partial charge in [-0.2, -0.15) is 29.9 Å². The lowest BCUT2D eigenvalue weighted by molar-refractivity contribution is 0.817. The fraction of sp³-hybridized carbons (Fsp3) is 0.571. The standard InChI is InChI=1S/2C7H14N6/c1-3-13(4-2)7-11-5(8)10-6(9)12-7;1-2-3-4-10-7-12-5(8)11-6(9)13-7/h3-4H2,1-2H3,(H4,8,9,10,11,12);2-4H2,1H3,(H5,8,9,10,11,12,13). The van der Waals surface area contributed by atoms with Gasteiger partial charge in [0.25, 0.3) is 0 Å². The van der Waals surface area contributed by atoms with Crippen molar-refractivity contribution < 1.29 is 0 Å². The van der Waals surface area contributed by atoms with Gasteiger partial charge in [0.2, 0.25) is 35.7 Å². The highest BCUT2D eigenvalue weighted by Gasteiger charge is 2.07. The summed E-state index contributed by atoms with van der Waals surface area (Å²) in [6.07, 6.45) is 2.18. The first-order valence-electron chi connectivity index (χ1n) is 8.42. The molecule has 26 heavy (non-hydrogen) atoms. The van der Waals surface area contributed by atoms with E-state index in [9.17, 15) is 0 Å². The van der Waals surface area contributed by atoms with Crippen LogP contribution in [0.25, 0.3) is 0 Å². The van der Waals surface area contributed by atoms with Crippen molar-refractivity contribution in [3.05, 3.63) is 0 Å². The zero-order valence-electron chi connectivity index (χ0n) is 15.5. The quantitative estimate of drug-likeness (QED) is 0.417. The summed E-state index contributed by atoms with van der Waals surface area (Å²) < 4.78 is 0. The predicted molar refractivity (Wildman–Crippen MR) is 104 cm³/mol. The fourth-order valence-corrected chi connectivity index (χ4v) is 1.91. The number of nitrogens with zero attached hydrogens (tertiary/aromatic N) is 7. The number of anilines is 6. The van der Waals surface area contributed by atoms with Crippen LogP contribution in [0.1, 0.15) is 33.6 Å². The van der Waals surface area contributed by atoms with Gasteiger partial charge in [-0.3, -0.25) is 0 Å². The first-order valence-corrected chi connectivity index (χ1v) is 8.42. The minimum Gasteiger partial charge on any atom is -0.368 e. The van der Waals surface area contributed by atoms with Gasteiger partial charge in [0, 0.05) is 19.6 Å². The van der Waals surface area contributed by atoms with E-state index in [0.29, 0.717) is 11.9 Å². The van der Waals surface area contributed by atoms with Crippen LogP contribution in [0.3, 0.4) is 0 Å². The first kappa shape index (κ1) is 20.9. The second-order valence-corrected chi connectivity index (χ2v) is 5.18. The van der Waals surface area contributed by atoms with E-state index < -0.39 is 0 Å². The Balaban J connectivity index is 0.000000260. The minimum absolute atomic E-state index is 0.145. The van der Waals surface area contributed by atoms with Crippen LogP contribution in [-0.4, -0.2) is 49.5 Å². The number of nitrogens with one attached hydrogen (secondary N) is 1. The van der Waals surface area contributed by atoms with Gasteiger partial charge in [-0.15, -0.1) is 0 Å². The second kappa shape index (κ2) is 10.6. The van der Waals surface area contributed by atoms with Crippen LogP contribution in [0.15, 0.2) is 0 Å². The third-order valence-electron chi connectivity index (χ3n) is 3.19. The third-order valence-corrected chi connectivity index (χ3v) is 3.19. The Bertz CT molecular complexity index is 632. The van der Waals surface area contributed by atoms with Gasteiger partial charge >= 0.3 is 0 Å². The number of nitrogens with two attached hydrogens (primary N) is 4. The van der Waals surface area contributed by atoms with Gasteiger partial charge in [-0.05, 0) is 20.3 Å². The van der Waals surface area contributed by atoms with Crippen molar-refractivity contribution in [2.75, 3.05) is 52.8 Å². The topological polar surface area (TPSA) is 197 Å². The van der Waals surface area contributed by atoms with Crippen molar-refractivity contribution in [2.24, 2.45) is 0 Å². The maximum absolute atomic E-state index is 5.44. The van der Waals surface area contributed by atoms with Crippen LogP contribution in [-0.2, 0) is 0 Å². The zero-order chi connectivity index (χ0) is 19.5. The average molecular weight is 364 g/mol. The van der Waals surface area contributed by atoms with Crippen molar-refractivity contribution in [3.63, 3.8) is 0 Å². The molecule has 0 atom stereocenters. The molecule has 0 aliphatic heterocycles. The van der Waals surface area contributed by atoms with Crippen LogP contribution >= 0.6 is 0 Å². The van der Waals surface area contributed by atoms with Crippen LogP contribution < -0.4 is 33.2 Å². The van der Waals surface area contributed by atoms with E-state index in [1.165, 1.54) is 0 Å². The number of aromatic nitrogens is 6. The van der Waals surface area contributed by atoms with Crippen LogP contribution in [0.2, 0.25) is 0 Å². The van der Waals surface area contributed by atoms with Gasteiger partial charge in [0.05, 0.1) is 0 Å². The first-order chi connectivity index (χ1) is 12.4. The molecular formula is C14H28N12. The highest BCUT2D eigenvalue weighted by Crippen LogP contribution is 2.08. The molecule has 0 unspecified atom stereocenters. The van der Waals surface area contributed by atoms with Crippen molar-refractivity contribution in [3.8, 4) is 0 Å². The molecule has 0 aromatic carbocycles. The molecule has 0 saturated carbocycles. The lowest BCUT2D eigenvalue weighted by Crippen LogP contribution is -2.25. The molecule has 2 aromatic rings. The zero-order valence-corrected chi connectivity index (χ0v) is 15.5. The predicted octanol–water partition coefficient (Wildman–Crippen LogP) is 0.130. The molecule has 0 aliphatic rings. The molecule has 0 aliphatic carbocycles. The highest BCUT2D eigenvalue weighted by atomic mass is 15.3. The molecule has 0 bridgehead atoms. The molecule has 0 radical (unpaired) electrons. The maximum atomic E-state index is 5.44. The van der Waals surface area contributed by atoms with Crippen LogP contribution in [0.4, 0.5) is 35.7 Å². The van der Waals surface area contributed by atoms with E-state index in [1.807, 2.05) is 18.7 Å². The van der Waals surface area contributed by atoms with Crippen LogP contribution in [0.5, 0.6) is 0 Å². The summed E-state index contributed by atoms with van der Waals surface area (Å²) in [6, 6.07) is 0. The molecule has 2 aromatic heterocycles. The molecule has 9 N–H and O–H groups in total. The average Bonchev–Trinajstić information content (AvgIpc) is 2.55. The smallest absolute Gasteiger partial charge is 0.231 e. The normalized spacial score (nSPS) is 9.96. The van der Waals surface area contributed by atoms with Crippen LogP contribution in [0, 0.1) is 0 Å². The second-order valence-electron chi connectivity index (χ2n) is 5.18. The summed E-state index contributed by atoms with van der Waals surface area (Å²) in [5.74, 6) is 1.59. The molecule has 2 rings (SSSR count). The van der Waals surface area contributed by atoms with E-state index >= 15 is 0 Å². The van der Waals surface area contributed by atoms with Crippen molar-refractivity contribution in [1.82, 2.24) is 29.9 Å². The molecule has 2 heterocycles. The van der Waals surface area contributed by atoms with E-state index in [4.69, 9.17) is 22.9 Å². The van der Waals surface area contributed by atoms with Crippen molar-refractivity contribution in [2.45, 2.75) is 33.6 Å². The summed E-state index contributed by atoms with van der Waals surface area (Å²) in [6.45, 7) is 8.59. The SMILES string of the molecule is CCCCNc1nc(N)nc(N)n1.CCN(CC)c1nc(N)nc(N)n1. The minimum atomic E-state index is 0.145. The number of hydrogen-bond acceptors (Lipinski definition) is 12. The summed E-state index contributed by atoms with van der Waals surface area (Å²) in [4.78, 5) is 25.0. The number of rotatable bonds is 7. The summed E-state index contributed by atoms with van der Waals surface area (Å²) >= 11 is 0. The Labute approximate surface area is 152 Å². The molecule has 12 heteroatoms. The van der Waals surface area contributed by atoms with E-state index in [2.05, 4.69) is 42.1 Å². The third kappa shape index (κ3) is 7.15. The molecule has 0 fully saturated rings. The Morgan fingerprint density at radius 1 is 0.731 bits per heavy atom. The highest BCUT2D eigenvalue weighted by molar-refractivity contribution is 5.39. The Hall–Kier alpha value is -3.18. The fourth-order valence-electron chi connectivity index (χ4n) is 1.91. The molecular weight excluding hydrogens is 336 g/mol. The molecule has 0 amide bonds. The van der Waals surface area contributed by atoms with Gasteiger partial charge in [0.1, 0.15) is 0 Å². The number of nitrogen functional groups attached to an aromatic ring is 4. The van der Waals surface area contributed by atoms with Crippen molar-refractivity contribution >= 4 is 35.7 Å². The monoisotopic (exact) mass is 364 g/mol. The lowest BCUT2D eigenvalue weighted by Gasteiger charge is -2.18. The van der Waals surface area contributed by atoms with Crippen molar-refractivity contribution in [1.29, 1.82) is 0 Å². The molecule has 0 spiro atoms. The summed E-state index contributed by atoms with van der Waals surface area (Å²) in [5.41, 5.74) is 21.6.